The van der Waals surface area contributed by atoms with Crippen LogP contribution in [0, 0.1) is 5.92 Å². The van der Waals surface area contributed by atoms with Crippen molar-refractivity contribution in [1.82, 2.24) is 15.5 Å². The van der Waals surface area contributed by atoms with Crippen LogP contribution in [-0.4, -0.2) is 44.0 Å². The topological polar surface area (TPSA) is 56.7 Å². The van der Waals surface area contributed by atoms with E-state index in [0.717, 1.165) is 30.9 Å². The van der Waals surface area contributed by atoms with Crippen molar-refractivity contribution < 1.29 is 4.79 Å². The summed E-state index contributed by atoms with van der Waals surface area (Å²) in [4.78, 5) is 18.2. The Morgan fingerprint density at radius 3 is 2.36 bits per heavy atom. The van der Waals surface area contributed by atoms with Gasteiger partial charge in [-0.05, 0) is 11.5 Å². The van der Waals surface area contributed by atoms with Crippen LogP contribution in [0.5, 0.6) is 0 Å². The number of benzene rings is 1. The summed E-state index contributed by atoms with van der Waals surface area (Å²) >= 11 is 0. The summed E-state index contributed by atoms with van der Waals surface area (Å²) in [5.74, 6) is 1.55. The molecule has 0 aliphatic carbocycles. The Bertz CT molecular complexity index is 503. The molecule has 6 heteroatoms. The fourth-order valence-corrected chi connectivity index (χ4v) is 2.46. The van der Waals surface area contributed by atoms with Gasteiger partial charge < -0.3 is 15.5 Å². The van der Waals surface area contributed by atoms with Gasteiger partial charge in [0.25, 0.3) is 0 Å². The third kappa shape index (κ3) is 9.67. The maximum absolute atomic E-state index is 12.2. The number of nitrogens with zero attached hydrogens (tertiary/aromatic N) is 2. The molecule has 1 aromatic carbocycles. The molecule has 0 saturated heterocycles. The van der Waals surface area contributed by atoms with Crippen LogP contribution in [0.1, 0.15) is 38.7 Å². The van der Waals surface area contributed by atoms with E-state index in [9.17, 15) is 4.79 Å². The molecule has 0 atom stereocenters. The minimum Gasteiger partial charge on any atom is -0.356 e. The van der Waals surface area contributed by atoms with Crippen molar-refractivity contribution in [1.29, 1.82) is 0 Å². The van der Waals surface area contributed by atoms with Crippen LogP contribution in [0.25, 0.3) is 0 Å². The van der Waals surface area contributed by atoms with Crippen molar-refractivity contribution in [2.24, 2.45) is 10.9 Å². The van der Waals surface area contributed by atoms with Crippen LogP contribution in [0.2, 0.25) is 0 Å². The Balaban J connectivity index is 0.00000576. The zero-order valence-corrected chi connectivity index (χ0v) is 18.2. The van der Waals surface area contributed by atoms with Crippen LogP contribution in [0.4, 0.5) is 0 Å². The van der Waals surface area contributed by atoms with Gasteiger partial charge in [-0.15, -0.1) is 24.0 Å². The quantitative estimate of drug-likeness (QED) is 0.338. The molecule has 0 aromatic heterocycles. The number of hydrogen-bond donors (Lipinski definition) is 2. The maximum atomic E-state index is 12.2. The van der Waals surface area contributed by atoms with Gasteiger partial charge in [0.05, 0.1) is 0 Å². The number of amides is 1. The van der Waals surface area contributed by atoms with Crippen LogP contribution in [0.15, 0.2) is 35.3 Å². The summed E-state index contributed by atoms with van der Waals surface area (Å²) in [6.07, 6.45) is 2.77. The van der Waals surface area contributed by atoms with Gasteiger partial charge in [-0.25, -0.2) is 0 Å². The third-order valence-electron chi connectivity index (χ3n) is 4.26. The lowest BCUT2D eigenvalue weighted by Gasteiger charge is -2.19. The van der Waals surface area contributed by atoms with Crippen molar-refractivity contribution in [3.63, 3.8) is 0 Å². The van der Waals surface area contributed by atoms with Gasteiger partial charge in [0.2, 0.25) is 5.91 Å². The molecule has 1 rings (SSSR count). The molecular weight excluding hydrogens is 427 g/mol. The molecule has 142 valence electrons. The average molecular weight is 460 g/mol. The smallest absolute Gasteiger partial charge is 0.224 e. The predicted molar refractivity (Wildman–Crippen MR) is 116 cm³/mol. The van der Waals surface area contributed by atoms with E-state index in [1.807, 2.05) is 37.4 Å². The number of hydrogen-bond acceptors (Lipinski definition) is 2. The van der Waals surface area contributed by atoms with Crippen molar-refractivity contribution in [3.05, 3.63) is 35.9 Å². The van der Waals surface area contributed by atoms with Crippen LogP contribution in [-0.2, 0) is 11.3 Å². The highest BCUT2D eigenvalue weighted by Gasteiger charge is 2.10. The Kier molecular flexibility index (Phi) is 13.2. The zero-order valence-electron chi connectivity index (χ0n) is 15.9. The van der Waals surface area contributed by atoms with Gasteiger partial charge in [0.15, 0.2) is 5.96 Å². The van der Waals surface area contributed by atoms with Gasteiger partial charge in [-0.2, -0.15) is 0 Å². The van der Waals surface area contributed by atoms with Gasteiger partial charge in [0.1, 0.15) is 0 Å². The van der Waals surface area contributed by atoms with E-state index in [0.29, 0.717) is 25.4 Å². The highest BCUT2D eigenvalue weighted by Crippen LogP contribution is 2.05. The number of carbonyl (C=O) groups is 1. The largest absolute Gasteiger partial charge is 0.356 e. The molecule has 0 aliphatic heterocycles. The zero-order chi connectivity index (χ0) is 17.8. The molecule has 25 heavy (non-hydrogen) atoms. The fraction of sp³-hybridized carbons (Fsp3) is 0.579. The summed E-state index contributed by atoms with van der Waals surface area (Å²) < 4.78 is 0. The molecule has 0 spiro atoms. The third-order valence-corrected chi connectivity index (χ3v) is 4.26. The number of carbonyl (C=O) groups excluding carboxylic acids is 1. The van der Waals surface area contributed by atoms with Gasteiger partial charge in [-0.3, -0.25) is 9.79 Å². The van der Waals surface area contributed by atoms with E-state index in [2.05, 4.69) is 29.5 Å². The van der Waals surface area contributed by atoms with E-state index in [-0.39, 0.29) is 29.9 Å². The first-order valence-corrected chi connectivity index (χ1v) is 8.83. The summed E-state index contributed by atoms with van der Waals surface area (Å²) in [6.45, 7) is 6.54. The summed E-state index contributed by atoms with van der Waals surface area (Å²) in [5.41, 5.74) is 1.14. The van der Waals surface area contributed by atoms with Crippen LogP contribution >= 0.6 is 24.0 Å². The first-order chi connectivity index (χ1) is 11.6. The number of halogens is 1. The molecular formula is C19H33IN4O. The minimum absolute atomic E-state index is 0. The standard InChI is InChI=1S/C19H32N4O.HI/c1-5-16(6-2)14-22-19(20-3)21-13-12-18(24)23(4)15-17-10-8-7-9-11-17;/h7-11,16H,5-6,12-15H2,1-4H3,(H2,20,21,22);1H. The molecule has 0 heterocycles. The molecule has 0 aliphatic rings. The predicted octanol–water partition coefficient (Wildman–Crippen LogP) is 3.25. The van der Waals surface area contributed by atoms with Crippen molar-refractivity contribution >= 4 is 35.8 Å². The highest BCUT2D eigenvalue weighted by atomic mass is 127. The second-order valence-electron chi connectivity index (χ2n) is 6.05. The minimum atomic E-state index is 0. The van der Waals surface area contributed by atoms with E-state index >= 15 is 0 Å². The maximum Gasteiger partial charge on any atom is 0.224 e. The molecule has 5 nitrogen and oxygen atoms in total. The van der Waals surface area contributed by atoms with E-state index in [1.54, 1.807) is 11.9 Å². The lowest BCUT2D eigenvalue weighted by Crippen LogP contribution is -2.41. The molecule has 2 N–H and O–H groups in total. The molecule has 0 bridgehead atoms. The highest BCUT2D eigenvalue weighted by molar-refractivity contribution is 14.0. The average Bonchev–Trinajstić information content (AvgIpc) is 2.61. The van der Waals surface area contributed by atoms with E-state index in [4.69, 9.17) is 0 Å². The van der Waals surface area contributed by atoms with Crippen LogP contribution < -0.4 is 10.6 Å². The van der Waals surface area contributed by atoms with Crippen molar-refractivity contribution in [2.75, 3.05) is 27.2 Å². The fourth-order valence-electron chi connectivity index (χ4n) is 2.46. The Hall–Kier alpha value is -1.31. The Morgan fingerprint density at radius 2 is 1.80 bits per heavy atom. The molecule has 1 aromatic rings. The first kappa shape index (κ1) is 23.7. The first-order valence-electron chi connectivity index (χ1n) is 8.83. The summed E-state index contributed by atoms with van der Waals surface area (Å²) in [6, 6.07) is 10.0. The number of aliphatic imine (C=N–C) groups is 1. The monoisotopic (exact) mass is 460 g/mol. The van der Waals surface area contributed by atoms with E-state index < -0.39 is 0 Å². The molecule has 0 radical (unpaired) electrons. The van der Waals surface area contributed by atoms with Gasteiger partial charge in [0, 0.05) is 40.2 Å². The van der Waals surface area contributed by atoms with Crippen molar-refractivity contribution in [3.8, 4) is 0 Å². The summed E-state index contributed by atoms with van der Waals surface area (Å²) in [7, 11) is 3.60. The molecule has 0 saturated carbocycles. The Labute approximate surface area is 169 Å². The van der Waals surface area contributed by atoms with Crippen LogP contribution in [0.3, 0.4) is 0 Å². The van der Waals surface area contributed by atoms with Crippen molar-refractivity contribution in [2.45, 2.75) is 39.7 Å². The Morgan fingerprint density at radius 1 is 1.16 bits per heavy atom. The number of rotatable bonds is 9. The number of nitrogens with one attached hydrogen (secondary N) is 2. The molecule has 0 unspecified atom stereocenters. The van der Waals surface area contributed by atoms with Gasteiger partial charge in [-0.1, -0.05) is 57.0 Å². The molecule has 1 amide bonds. The lowest BCUT2D eigenvalue weighted by molar-refractivity contribution is -0.130. The van der Waals surface area contributed by atoms with Gasteiger partial charge >= 0.3 is 0 Å². The molecule has 0 fully saturated rings. The van der Waals surface area contributed by atoms with E-state index in [1.165, 1.54) is 0 Å². The second-order valence-corrected chi connectivity index (χ2v) is 6.05. The normalized spacial score (nSPS) is 11.0. The SMILES string of the molecule is CCC(CC)CNC(=NC)NCCC(=O)N(C)Cc1ccccc1.I. The second kappa shape index (κ2) is 13.9. The lowest BCUT2D eigenvalue weighted by atomic mass is 10.0. The summed E-state index contributed by atoms with van der Waals surface area (Å²) in [5, 5.41) is 6.54. The number of guanidine groups is 1.